The van der Waals surface area contributed by atoms with Gasteiger partial charge in [-0.15, -0.1) is 11.8 Å². The summed E-state index contributed by atoms with van der Waals surface area (Å²) >= 11 is 1.56. The van der Waals surface area contributed by atoms with Crippen LogP contribution in [0.5, 0.6) is 5.75 Å². The predicted octanol–water partition coefficient (Wildman–Crippen LogP) is 4.79. The highest BCUT2D eigenvalue weighted by Crippen LogP contribution is 2.48. The van der Waals surface area contributed by atoms with Gasteiger partial charge >= 0.3 is 0 Å². The van der Waals surface area contributed by atoms with Crippen molar-refractivity contribution in [2.75, 3.05) is 44.6 Å². The minimum Gasteiger partial charge on any atom is -0.497 e. The molecule has 4 aromatic rings. The molecule has 8 nitrogen and oxygen atoms in total. The van der Waals surface area contributed by atoms with Crippen LogP contribution in [0.1, 0.15) is 21.9 Å². The van der Waals surface area contributed by atoms with Crippen molar-refractivity contribution >= 4 is 29.4 Å². The normalized spacial score (nSPS) is 14.9. The zero-order valence-corrected chi connectivity index (χ0v) is 23.6. The molecule has 2 heterocycles. The Morgan fingerprint density at radius 2 is 1.82 bits per heavy atom. The summed E-state index contributed by atoms with van der Waals surface area (Å²) in [6.45, 7) is 2.68. The number of nitrogens with zero attached hydrogens (tertiary/aromatic N) is 3. The molecule has 206 valence electrons. The summed E-state index contributed by atoms with van der Waals surface area (Å²) in [7, 11) is 3.20. The second-order valence-corrected chi connectivity index (χ2v) is 10.6. The van der Waals surface area contributed by atoms with Crippen LogP contribution < -0.4 is 15.0 Å². The maximum atomic E-state index is 13.8. The van der Waals surface area contributed by atoms with Crippen LogP contribution in [0.2, 0.25) is 0 Å². The molecule has 1 atom stereocenters. The molecule has 1 N–H and O–H groups in total. The first-order chi connectivity index (χ1) is 19.5. The number of anilines is 1. The standard InChI is InChI=1S/C31H32N4O4S/c1-21-8-7-11-23(18-21)30-28-29(22-9-5-4-6-10-22)33-35(24-12-14-25(39-3)15-13-24)31(28)34(27(37)20-40-30)19-26(36)32-16-17-38-2/h4-15,18,30H,16-17,19-20H2,1-3H3,(H,32,36)/t30-/m1/s1. The number of thioether (sulfide) groups is 1. The van der Waals surface area contributed by atoms with E-state index in [4.69, 9.17) is 14.6 Å². The van der Waals surface area contributed by atoms with E-state index in [-0.39, 0.29) is 29.4 Å². The van der Waals surface area contributed by atoms with E-state index in [1.807, 2.05) is 60.7 Å². The van der Waals surface area contributed by atoms with Crippen LogP contribution in [0, 0.1) is 6.92 Å². The fraction of sp³-hybridized carbons (Fsp3) is 0.258. The molecule has 0 saturated carbocycles. The van der Waals surface area contributed by atoms with E-state index in [2.05, 4.69) is 30.4 Å². The van der Waals surface area contributed by atoms with Gasteiger partial charge in [0.05, 0.1) is 36.1 Å². The van der Waals surface area contributed by atoms with Gasteiger partial charge in [-0.2, -0.15) is 5.10 Å². The zero-order chi connectivity index (χ0) is 28.1. The number of carbonyl (C=O) groups excluding carboxylic acids is 2. The van der Waals surface area contributed by atoms with Crippen LogP contribution in [0.3, 0.4) is 0 Å². The number of hydrogen-bond acceptors (Lipinski definition) is 6. The van der Waals surface area contributed by atoms with Gasteiger partial charge in [0, 0.05) is 24.8 Å². The Bertz CT molecular complexity index is 1490. The van der Waals surface area contributed by atoms with Crippen LogP contribution >= 0.6 is 11.8 Å². The fourth-order valence-corrected chi connectivity index (χ4v) is 6.01. The van der Waals surface area contributed by atoms with Gasteiger partial charge in [-0.25, -0.2) is 4.68 Å². The first kappa shape index (κ1) is 27.5. The predicted molar refractivity (Wildman–Crippen MR) is 158 cm³/mol. The Morgan fingerprint density at radius 3 is 2.52 bits per heavy atom. The second-order valence-electron chi connectivity index (χ2n) is 9.49. The van der Waals surface area contributed by atoms with Gasteiger partial charge in [-0.3, -0.25) is 14.5 Å². The smallest absolute Gasteiger partial charge is 0.240 e. The summed E-state index contributed by atoms with van der Waals surface area (Å²) in [4.78, 5) is 28.4. The van der Waals surface area contributed by atoms with Crippen molar-refractivity contribution in [1.82, 2.24) is 15.1 Å². The molecule has 0 spiro atoms. The zero-order valence-electron chi connectivity index (χ0n) is 22.8. The molecule has 2 amide bonds. The van der Waals surface area contributed by atoms with Crippen LogP contribution in [-0.4, -0.2) is 61.3 Å². The average molecular weight is 557 g/mol. The molecule has 0 aliphatic carbocycles. The van der Waals surface area contributed by atoms with Crippen molar-refractivity contribution in [3.8, 4) is 22.7 Å². The number of aromatic nitrogens is 2. The Kier molecular flexibility index (Phi) is 8.52. The lowest BCUT2D eigenvalue weighted by Gasteiger charge is -2.23. The molecular weight excluding hydrogens is 524 g/mol. The van der Waals surface area contributed by atoms with Gasteiger partial charge in [-0.1, -0.05) is 60.2 Å². The van der Waals surface area contributed by atoms with Crippen LogP contribution in [-0.2, 0) is 14.3 Å². The van der Waals surface area contributed by atoms with Gasteiger partial charge < -0.3 is 14.8 Å². The summed E-state index contributed by atoms with van der Waals surface area (Å²) < 4.78 is 12.2. The third-order valence-electron chi connectivity index (χ3n) is 6.73. The van der Waals surface area contributed by atoms with E-state index < -0.39 is 0 Å². The minimum atomic E-state index is -0.265. The van der Waals surface area contributed by atoms with E-state index in [9.17, 15) is 9.59 Å². The van der Waals surface area contributed by atoms with Gasteiger partial charge in [0.25, 0.3) is 0 Å². The lowest BCUT2D eigenvalue weighted by molar-refractivity contribution is -0.123. The van der Waals surface area contributed by atoms with Crippen molar-refractivity contribution in [2.45, 2.75) is 12.2 Å². The van der Waals surface area contributed by atoms with E-state index in [1.165, 1.54) is 0 Å². The molecule has 1 aliphatic heterocycles. The minimum absolute atomic E-state index is 0.132. The molecule has 0 saturated heterocycles. The Hall–Kier alpha value is -4.08. The maximum absolute atomic E-state index is 13.8. The summed E-state index contributed by atoms with van der Waals surface area (Å²) in [5.74, 6) is 1.10. The lowest BCUT2D eigenvalue weighted by atomic mass is 9.98. The highest BCUT2D eigenvalue weighted by atomic mass is 32.2. The molecule has 9 heteroatoms. The number of benzene rings is 3. The average Bonchev–Trinajstić information content (AvgIpc) is 3.30. The number of ether oxygens (including phenoxy) is 2. The van der Waals surface area contributed by atoms with Gasteiger partial charge in [-0.05, 0) is 36.8 Å². The summed E-state index contributed by atoms with van der Waals surface area (Å²) in [5, 5.41) is 7.79. The number of amides is 2. The number of carbonyl (C=O) groups is 2. The second kappa shape index (κ2) is 12.4. The molecule has 5 rings (SSSR count). The number of methoxy groups -OCH3 is 2. The first-order valence-corrected chi connectivity index (χ1v) is 14.1. The molecule has 0 bridgehead atoms. The monoisotopic (exact) mass is 556 g/mol. The number of nitrogens with one attached hydrogen (secondary N) is 1. The number of fused-ring (bicyclic) bond motifs is 1. The Labute approximate surface area is 238 Å². The van der Waals surface area contributed by atoms with Crippen LogP contribution in [0.25, 0.3) is 16.9 Å². The van der Waals surface area contributed by atoms with Crippen molar-refractivity contribution in [3.05, 3.63) is 95.6 Å². The highest BCUT2D eigenvalue weighted by Gasteiger charge is 2.37. The number of hydrogen-bond donors (Lipinski definition) is 1. The quantitative estimate of drug-likeness (QED) is 0.299. The van der Waals surface area contributed by atoms with Gasteiger partial charge in [0.2, 0.25) is 11.8 Å². The lowest BCUT2D eigenvalue weighted by Crippen LogP contribution is -2.43. The van der Waals surface area contributed by atoms with Crippen molar-refractivity contribution < 1.29 is 19.1 Å². The third-order valence-corrected chi connectivity index (χ3v) is 7.98. The van der Waals surface area contributed by atoms with Crippen molar-refractivity contribution in [3.63, 3.8) is 0 Å². The Balaban J connectivity index is 1.74. The SMILES string of the molecule is COCCNC(=O)CN1C(=O)CS[C@H](c2cccc(C)c2)c2c(-c3ccccc3)nn(-c3ccc(OC)cc3)c21. The fourth-order valence-electron chi connectivity index (χ4n) is 4.82. The molecule has 1 aromatic heterocycles. The summed E-state index contributed by atoms with van der Waals surface area (Å²) in [5.41, 5.74) is 5.57. The molecule has 40 heavy (non-hydrogen) atoms. The topological polar surface area (TPSA) is 85.7 Å². The van der Waals surface area contributed by atoms with Crippen LogP contribution in [0.4, 0.5) is 5.82 Å². The molecular formula is C31H32N4O4S. The van der Waals surface area contributed by atoms with E-state index >= 15 is 0 Å². The number of aryl methyl sites for hydroxylation is 1. The molecule has 0 fully saturated rings. The first-order valence-electron chi connectivity index (χ1n) is 13.1. The summed E-state index contributed by atoms with van der Waals surface area (Å²) in [6.07, 6.45) is 0. The van der Waals surface area contributed by atoms with Gasteiger partial charge in [0.1, 0.15) is 18.1 Å². The molecule has 0 unspecified atom stereocenters. The molecule has 0 radical (unpaired) electrons. The van der Waals surface area contributed by atoms with E-state index in [0.717, 1.165) is 33.6 Å². The number of rotatable bonds is 9. The third kappa shape index (κ3) is 5.76. The maximum Gasteiger partial charge on any atom is 0.240 e. The summed E-state index contributed by atoms with van der Waals surface area (Å²) in [6, 6.07) is 25.8. The van der Waals surface area contributed by atoms with Crippen molar-refractivity contribution in [1.29, 1.82) is 0 Å². The highest BCUT2D eigenvalue weighted by molar-refractivity contribution is 8.00. The van der Waals surface area contributed by atoms with Crippen LogP contribution in [0.15, 0.2) is 78.9 Å². The largest absolute Gasteiger partial charge is 0.497 e. The van der Waals surface area contributed by atoms with Gasteiger partial charge in [0.15, 0.2) is 0 Å². The van der Waals surface area contributed by atoms with E-state index in [0.29, 0.717) is 24.7 Å². The molecule has 1 aliphatic rings. The van der Waals surface area contributed by atoms with E-state index in [1.54, 1.807) is 35.6 Å². The Morgan fingerprint density at radius 1 is 1.05 bits per heavy atom. The van der Waals surface area contributed by atoms with Crippen molar-refractivity contribution in [2.24, 2.45) is 0 Å². The molecule has 3 aromatic carbocycles.